The van der Waals surface area contributed by atoms with Gasteiger partial charge in [0.25, 0.3) is 0 Å². The van der Waals surface area contributed by atoms with Crippen LogP contribution >= 0.6 is 0 Å². The second-order valence-corrected chi connectivity index (χ2v) is 8.81. The third kappa shape index (κ3) is 4.38. The van der Waals surface area contributed by atoms with E-state index < -0.39 is 0 Å². The van der Waals surface area contributed by atoms with Gasteiger partial charge in [-0.15, -0.1) is 0 Å². The van der Waals surface area contributed by atoms with Crippen molar-refractivity contribution in [1.29, 1.82) is 0 Å². The van der Waals surface area contributed by atoms with E-state index in [0.717, 1.165) is 44.0 Å². The Morgan fingerprint density at radius 2 is 1.67 bits per heavy atom. The number of hydrogen-bond donors (Lipinski definition) is 1. The molecular weight excluding hydrogens is 336 g/mol. The second-order valence-electron chi connectivity index (χ2n) is 8.81. The molecule has 27 heavy (non-hydrogen) atoms. The van der Waals surface area contributed by atoms with Crippen LogP contribution in [0.15, 0.2) is 30.3 Å². The number of rotatable bonds is 4. The Balaban J connectivity index is 1.28. The molecule has 1 aromatic carbocycles. The van der Waals surface area contributed by atoms with Crippen LogP contribution in [0, 0.1) is 11.8 Å². The SMILES string of the molecule is O=C(CN1CCC(C(O)c2ccccc2)CC1)N1CCCC2CCCCC21. The molecule has 3 unspecified atom stereocenters. The van der Waals surface area contributed by atoms with Crippen molar-refractivity contribution in [1.82, 2.24) is 9.80 Å². The zero-order valence-electron chi connectivity index (χ0n) is 16.4. The van der Waals surface area contributed by atoms with Crippen LogP contribution in [0.1, 0.15) is 63.0 Å². The lowest BCUT2D eigenvalue weighted by molar-refractivity contribution is -0.139. The molecule has 0 spiro atoms. The molecular formula is C23H34N2O2. The maximum Gasteiger partial charge on any atom is 0.237 e. The molecule has 148 valence electrons. The lowest BCUT2D eigenvalue weighted by atomic mass is 9.78. The largest absolute Gasteiger partial charge is 0.388 e. The molecule has 4 heteroatoms. The Kier molecular flexibility index (Phi) is 6.14. The second kappa shape index (κ2) is 8.74. The number of carbonyl (C=O) groups is 1. The summed E-state index contributed by atoms with van der Waals surface area (Å²) in [5, 5.41) is 10.7. The first-order chi connectivity index (χ1) is 13.2. The van der Waals surface area contributed by atoms with E-state index in [1.807, 2.05) is 30.3 Å². The summed E-state index contributed by atoms with van der Waals surface area (Å²) in [6.07, 6.45) is 9.21. The van der Waals surface area contributed by atoms with Crippen LogP contribution in [0.4, 0.5) is 0 Å². The molecule has 1 aliphatic carbocycles. The first kappa shape index (κ1) is 18.9. The lowest BCUT2D eigenvalue weighted by Gasteiger charge is -2.45. The van der Waals surface area contributed by atoms with Crippen LogP contribution in [-0.4, -0.2) is 53.0 Å². The molecule has 1 amide bonds. The number of aliphatic hydroxyl groups is 1. The monoisotopic (exact) mass is 370 g/mol. The molecule has 0 aromatic heterocycles. The van der Waals surface area contributed by atoms with E-state index in [-0.39, 0.29) is 6.10 Å². The molecule has 1 saturated carbocycles. The van der Waals surface area contributed by atoms with Crippen molar-refractivity contribution in [3.63, 3.8) is 0 Å². The fourth-order valence-corrected chi connectivity index (χ4v) is 5.57. The van der Waals surface area contributed by atoms with E-state index in [2.05, 4.69) is 9.80 Å². The van der Waals surface area contributed by atoms with E-state index >= 15 is 0 Å². The van der Waals surface area contributed by atoms with Crippen molar-refractivity contribution >= 4 is 5.91 Å². The third-order valence-electron chi connectivity index (χ3n) is 7.14. The summed E-state index contributed by atoms with van der Waals surface area (Å²) in [6.45, 7) is 3.37. The number of carbonyl (C=O) groups excluding carboxylic acids is 1. The van der Waals surface area contributed by atoms with E-state index in [0.29, 0.717) is 24.4 Å². The molecule has 2 aliphatic heterocycles. The summed E-state index contributed by atoms with van der Waals surface area (Å²) in [5.74, 6) is 1.40. The van der Waals surface area contributed by atoms with E-state index in [1.165, 1.54) is 38.5 Å². The Bertz CT molecular complexity index is 610. The van der Waals surface area contributed by atoms with Gasteiger partial charge in [0.05, 0.1) is 12.6 Å². The summed E-state index contributed by atoms with van der Waals surface area (Å²) in [4.78, 5) is 17.5. The number of likely N-dealkylation sites (tertiary alicyclic amines) is 2. The van der Waals surface area contributed by atoms with E-state index in [9.17, 15) is 9.90 Å². The predicted octanol–water partition coefficient (Wildman–Crippen LogP) is 3.61. The molecule has 3 aliphatic rings. The Labute approximate surface area is 163 Å². The molecule has 0 radical (unpaired) electrons. The van der Waals surface area contributed by atoms with Gasteiger partial charge in [-0.25, -0.2) is 0 Å². The molecule has 4 nitrogen and oxygen atoms in total. The van der Waals surface area contributed by atoms with E-state index in [1.54, 1.807) is 0 Å². The zero-order valence-corrected chi connectivity index (χ0v) is 16.4. The molecule has 3 atom stereocenters. The smallest absolute Gasteiger partial charge is 0.237 e. The number of fused-ring (bicyclic) bond motifs is 1. The summed E-state index contributed by atoms with van der Waals surface area (Å²) < 4.78 is 0. The highest BCUT2D eigenvalue weighted by Gasteiger charge is 2.36. The van der Waals surface area contributed by atoms with Gasteiger partial charge < -0.3 is 10.0 Å². The lowest BCUT2D eigenvalue weighted by Crippen LogP contribution is -2.53. The van der Waals surface area contributed by atoms with Crippen molar-refractivity contribution in [2.45, 2.75) is 63.5 Å². The number of amides is 1. The molecule has 3 fully saturated rings. The van der Waals surface area contributed by atoms with E-state index in [4.69, 9.17) is 0 Å². The highest BCUT2D eigenvalue weighted by atomic mass is 16.3. The highest BCUT2D eigenvalue weighted by molar-refractivity contribution is 5.78. The minimum Gasteiger partial charge on any atom is -0.388 e. The maximum absolute atomic E-state index is 13.0. The van der Waals surface area contributed by atoms with Crippen LogP contribution in [0.5, 0.6) is 0 Å². The maximum atomic E-state index is 13.0. The van der Waals surface area contributed by atoms with Gasteiger partial charge in [-0.05, 0) is 69.0 Å². The van der Waals surface area contributed by atoms with Gasteiger partial charge in [0, 0.05) is 12.6 Å². The molecule has 1 N–H and O–H groups in total. The highest BCUT2D eigenvalue weighted by Crippen LogP contribution is 2.35. The number of aliphatic hydroxyl groups excluding tert-OH is 1. The fraction of sp³-hybridized carbons (Fsp3) is 0.696. The summed E-state index contributed by atoms with van der Waals surface area (Å²) >= 11 is 0. The Morgan fingerprint density at radius 1 is 0.963 bits per heavy atom. The van der Waals surface area contributed by atoms with Gasteiger partial charge in [-0.2, -0.15) is 0 Å². The minimum atomic E-state index is -0.380. The van der Waals surface area contributed by atoms with Crippen LogP contribution in [0.3, 0.4) is 0 Å². The number of nitrogens with zero attached hydrogens (tertiary/aromatic N) is 2. The van der Waals surface area contributed by atoms with Gasteiger partial charge in [0.1, 0.15) is 0 Å². The summed E-state index contributed by atoms with van der Waals surface area (Å²) in [5.41, 5.74) is 1.02. The van der Waals surface area contributed by atoms with Crippen LogP contribution in [0.25, 0.3) is 0 Å². The quantitative estimate of drug-likeness (QED) is 0.880. The predicted molar refractivity (Wildman–Crippen MR) is 107 cm³/mol. The molecule has 0 bridgehead atoms. The molecule has 2 heterocycles. The standard InChI is InChI=1S/C23H34N2O2/c26-22(25-14-6-10-18-7-4-5-11-21(18)25)17-24-15-12-20(13-16-24)23(27)19-8-2-1-3-9-19/h1-3,8-9,18,20-21,23,27H,4-7,10-17H2. The van der Waals surface area contributed by atoms with Crippen LogP contribution in [-0.2, 0) is 4.79 Å². The summed E-state index contributed by atoms with van der Waals surface area (Å²) in [7, 11) is 0. The normalized spacial score (nSPS) is 28.6. The first-order valence-electron chi connectivity index (χ1n) is 11.0. The average molecular weight is 371 g/mol. The van der Waals surface area contributed by atoms with Gasteiger partial charge >= 0.3 is 0 Å². The number of piperidine rings is 2. The molecule has 2 saturated heterocycles. The Morgan fingerprint density at radius 3 is 2.44 bits per heavy atom. The van der Waals surface area contributed by atoms with Crippen LogP contribution in [0.2, 0.25) is 0 Å². The fourth-order valence-electron chi connectivity index (χ4n) is 5.57. The van der Waals surface area contributed by atoms with Crippen molar-refractivity contribution < 1.29 is 9.90 Å². The zero-order chi connectivity index (χ0) is 18.6. The number of hydrogen-bond acceptors (Lipinski definition) is 3. The minimum absolute atomic E-state index is 0.302. The number of benzene rings is 1. The van der Waals surface area contributed by atoms with Crippen molar-refractivity contribution in [3.8, 4) is 0 Å². The van der Waals surface area contributed by atoms with Crippen LogP contribution < -0.4 is 0 Å². The van der Waals surface area contributed by atoms with Gasteiger partial charge in [0.2, 0.25) is 5.91 Å². The first-order valence-corrected chi connectivity index (χ1v) is 11.0. The average Bonchev–Trinajstić information content (AvgIpc) is 2.74. The molecule has 1 aromatic rings. The van der Waals surface area contributed by atoms with Crippen molar-refractivity contribution in [2.24, 2.45) is 11.8 Å². The topological polar surface area (TPSA) is 43.8 Å². The van der Waals surface area contributed by atoms with Gasteiger partial charge in [-0.1, -0.05) is 43.2 Å². The Hall–Kier alpha value is -1.39. The summed E-state index contributed by atoms with van der Waals surface area (Å²) in [6, 6.07) is 10.5. The third-order valence-corrected chi connectivity index (χ3v) is 7.14. The van der Waals surface area contributed by atoms with Gasteiger partial charge in [-0.3, -0.25) is 9.69 Å². The van der Waals surface area contributed by atoms with Gasteiger partial charge in [0.15, 0.2) is 0 Å². The van der Waals surface area contributed by atoms with Crippen molar-refractivity contribution in [3.05, 3.63) is 35.9 Å². The molecule has 4 rings (SSSR count). The van der Waals surface area contributed by atoms with Crippen molar-refractivity contribution in [2.75, 3.05) is 26.2 Å².